The zero-order valence-corrected chi connectivity index (χ0v) is 13.3. The summed E-state index contributed by atoms with van der Waals surface area (Å²) in [5.41, 5.74) is 3.39. The van der Waals surface area contributed by atoms with Crippen LogP contribution in [0.4, 0.5) is 5.69 Å². The second-order valence-corrected chi connectivity index (χ2v) is 5.97. The van der Waals surface area contributed by atoms with Crippen molar-refractivity contribution in [2.75, 3.05) is 0 Å². The molecule has 0 unspecified atom stereocenters. The van der Waals surface area contributed by atoms with Gasteiger partial charge in [-0.25, -0.2) is 4.79 Å². The minimum absolute atomic E-state index is 0.232. The normalized spacial score (nSPS) is 11.5. The Morgan fingerprint density at radius 3 is 2.76 bits per heavy atom. The topological polar surface area (TPSA) is 81.2 Å². The lowest BCUT2D eigenvalue weighted by Gasteiger charge is -2.04. The fourth-order valence-corrected chi connectivity index (χ4v) is 2.91. The molecule has 0 radical (unpaired) electrons. The number of nitrogens with one attached hydrogen (secondary N) is 2. The van der Waals surface area contributed by atoms with Crippen LogP contribution in [0.1, 0.15) is 11.1 Å². The molecule has 0 spiro atoms. The number of phenolic OH excluding ortho intramolecular Hbond substituents is 1. The molecule has 3 aromatic rings. The van der Waals surface area contributed by atoms with Crippen LogP contribution in [0.15, 0.2) is 40.1 Å². The van der Waals surface area contributed by atoms with Gasteiger partial charge in [-0.15, -0.1) is 0 Å². The van der Waals surface area contributed by atoms with Gasteiger partial charge in [-0.05, 0) is 65.4 Å². The van der Waals surface area contributed by atoms with E-state index in [0.717, 1.165) is 14.7 Å². The molecule has 21 heavy (non-hydrogen) atoms. The number of fused-ring (bicyclic) bond motifs is 1. The Morgan fingerprint density at radius 1 is 1.19 bits per heavy atom. The molecule has 0 amide bonds. The van der Waals surface area contributed by atoms with Gasteiger partial charge in [0.05, 0.1) is 16.7 Å². The molecule has 5 nitrogen and oxygen atoms in total. The van der Waals surface area contributed by atoms with Crippen molar-refractivity contribution in [3.8, 4) is 5.75 Å². The van der Waals surface area contributed by atoms with E-state index in [1.54, 1.807) is 24.4 Å². The van der Waals surface area contributed by atoms with Crippen LogP contribution < -0.4 is 5.69 Å². The summed E-state index contributed by atoms with van der Waals surface area (Å²) in [5.74, 6) is 0.232. The predicted octanol–water partition coefficient (Wildman–Crippen LogP) is 3.23. The largest absolute Gasteiger partial charge is 0.507 e. The van der Waals surface area contributed by atoms with Crippen molar-refractivity contribution in [1.29, 1.82) is 0 Å². The lowest BCUT2D eigenvalue weighted by Crippen LogP contribution is -1.99. The van der Waals surface area contributed by atoms with Crippen LogP contribution in [0.3, 0.4) is 0 Å². The molecule has 0 bridgehead atoms. The van der Waals surface area contributed by atoms with Crippen LogP contribution in [0.5, 0.6) is 5.75 Å². The van der Waals surface area contributed by atoms with Crippen molar-refractivity contribution in [2.45, 2.75) is 6.92 Å². The van der Waals surface area contributed by atoms with Gasteiger partial charge in [0.15, 0.2) is 0 Å². The van der Waals surface area contributed by atoms with Gasteiger partial charge >= 0.3 is 5.69 Å². The summed E-state index contributed by atoms with van der Waals surface area (Å²) in [6, 6.07) is 9.15. The second kappa shape index (κ2) is 5.36. The summed E-state index contributed by atoms with van der Waals surface area (Å²) in [4.78, 5) is 20.9. The average molecular weight is 393 g/mol. The monoisotopic (exact) mass is 393 g/mol. The molecule has 1 heterocycles. The summed E-state index contributed by atoms with van der Waals surface area (Å²) in [5, 5.41) is 10.0. The van der Waals surface area contributed by atoms with Crippen LogP contribution in [0, 0.1) is 10.5 Å². The molecule has 106 valence electrons. The summed E-state index contributed by atoms with van der Waals surface area (Å²) in [7, 11) is 0. The quantitative estimate of drug-likeness (QED) is 0.462. The summed E-state index contributed by atoms with van der Waals surface area (Å²) < 4.78 is 1.04. The average Bonchev–Trinajstić information content (AvgIpc) is 2.80. The highest BCUT2D eigenvalue weighted by Crippen LogP contribution is 2.24. The Balaban J connectivity index is 1.99. The van der Waals surface area contributed by atoms with Gasteiger partial charge in [-0.2, -0.15) is 0 Å². The van der Waals surface area contributed by atoms with E-state index < -0.39 is 0 Å². The van der Waals surface area contributed by atoms with Crippen molar-refractivity contribution in [3.05, 3.63) is 55.5 Å². The van der Waals surface area contributed by atoms with Gasteiger partial charge in [0.25, 0.3) is 0 Å². The number of benzene rings is 2. The standard InChI is InChI=1S/C15H12IN3O2/c1-8-4-10(16)5-9(14(8)20)7-17-11-2-3-12-13(6-11)19-15(21)18-12/h2-7,20H,1H3,(H2,18,19,21). The number of aryl methyl sites for hydroxylation is 1. The Hall–Kier alpha value is -2.09. The van der Waals surface area contributed by atoms with Crippen molar-refractivity contribution in [3.63, 3.8) is 0 Å². The van der Waals surface area contributed by atoms with Gasteiger partial charge in [0, 0.05) is 15.3 Å². The first-order valence-electron chi connectivity index (χ1n) is 6.28. The number of aliphatic imine (C=N–C) groups is 1. The van der Waals surface area contributed by atoms with Crippen molar-refractivity contribution in [1.82, 2.24) is 9.97 Å². The second-order valence-electron chi connectivity index (χ2n) is 4.73. The molecule has 3 rings (SSSR count). The fraction of sp³-hybridized carbons (Fsp3) is 0.0667. The molecule has 0 saturated carbocycles. The lowest BCUT2D eigenvalue weighted by atomic mass is 10.1. The van der Waals surface area contributed by atoms with Gasteiger partial charge in [-0.3, -0.25) is 4.99 Å². The van der Waals surface area contributed by atoms with E-state index in [9.17, 15) is 9.90 Å². The first kappa shape index (κ1) is 13.9. The highest BCUT2D eigenvalue weighted by Gasteiger charge is 2.04. The number of halogens is 1. The number of rotatable bonds is 2. The van der Waals surface area contributed by atoms with Crippen LogP contribution in [-0.2, 0) is 0 Å². The summed E-state index contributed by atoms with van der Waals surface area (Å²) in [6.45, 7) is 1.85. The Bertz CT molecular complexity index is 909. The van der Waals surface area contributed by atoms with Crippen molar-refractivity contribution in [2.24, 2.45) is 4.99 Å². The number of aromatic hydroxyl groups is 1. The van der Waals surface area contributed by atoms with Crippen LogP contribution >= 0.6 is 22.6 Å². The highest BCUT2D eigenvalue weighted by molar-refractivity contribution is 14.1. The number of H-pyrrole nitrogens is 2. The van der Waals surface area contributed by atoms with Crippen LogP contribution in [0.2, 0.25) is 0 Å². The number of imidazole rings is 1. The smallest absolute Gasteiger partial charge is 0.323 e. The van der Waals surface area contributed by atoms with E-state index in [1.165, 1.54) is 0 Å². The Labute approximate surface area is 133 Å². The Morgan fingerprint density at radius 2 is 1.95 bits per heavy atom. The van der Waals surface area contributed by atoms with E-state index in [2.05, 4.69) is 37.6 Å². The van der Waals surface area contributed by atoms with Gasteiger partial charge < -0.3 is 15.1 Å². The van der Waals surface area contributed by atoms with Crippen molar-refractivity contribution < 1.29 is 5.11 Å². The molecular formula is C15H12IN3O2. The molecule has 0 aliphatic rings. The number of phenols is 1. The molecule has 0 fully saturated rings. The number of aromatic nitrogens is 2. The zero-order valence-electron chi connectivity index (χ0n) is 11.1. The van der Waals surface area contributed by atoms with Crippen LogP contribution in [-0.4, -0.2) is 21.3 Å². The third-order valence-electron chi connectivity index (χ3n) is 3.15. The predicted molar refractivity (Wildman–Crippen MR) is 91.7 cm³/mol. The molecule has 3 N–H and O–H groups in total. The van der Waals surface area contributed by atoms with Gasteiger partial charge in [-0.1, -0.05) is 0 Å². The molecule has 2 aromatic carbocycles. The first-order chi connectivity index (χ1) is 10.0. The Kier molecular flexibility index (Phi) is 3.54. The van der Waals surface area contributed by atoms with Crippen molar-refractivity contribution >= 4 is 45.5 Å². The molecule has 0 saturated heterocycles. The van der Waals surface area contributed by atoms with Crippen LogP contribution in [0.25, 0.3) is 11.0 Å². The zero-order chi connectivity index (χ0) is 15.0. The van der Waals surface area contributed by atoms with E-state index in [0.29, 0.717) is 16.8 Å². The van der Waals surface area contributed by atoms with E-state index in [1.807, 2.05) is 19.1 Å². The summed E-state index contributed by atoms with van der Waals surface area (Å²) in [6.07, 6.45) is 1.62. The highest BCUT2D eigenvalue weighted by atomic mass is 127. The summed E-state index contributed by atoms with van der Waals surface area (Å²) >= 11 is 2.20. The minimum atomic E-state index is -0.239. The fourth-order valence-electron chi connectivity index (χ4n) is 2.10. The third kappa shape index (κ3) is 2.85. The SMILES string of the molecule is Cc1cc(I)cc(C=Nc2ccc3[nH]c(=O)[nH]c3c2)c1O. The van der Waals surface area contributed by atoms with Gasteiger partial charge in [0.1, 0.15) is 5.75 Å². The first-order valence-corrected chi connectivity index (χ1v) is 7.36. The third-order valence-corrected chi connectivity index (χ3v) is 3.77. The molecule has 0 aliphatic carbocycles. The number of nitrogens with zero attached hydrogens (tertiary/aromatic N) is 1. The maximum Gasteiger partial charge on any atom is 0.323 e. The van der Waals surface area contributed by atoms with E-state index in [-0.39, 0.29) is 11.4 Å². The molecular weight excluding hydrogens is 381 g/mol. The van der Waals surface area contributed by atoms with E-state index >= 15 is 0 Å². The minimum Gasteiger partial charge on any atom is -0.507 e. The molecule has 1 aromatic heterocycles. The number of hydrogen-bond acceptors (Lipinski definition) is 3. The maximum absolute atomic E-state index is 11.2. The number of aromatic amines is 2. The van der Waals surface area contributed by atoms with Gasteiger partial charge in [0.2, 0.25) is 0 Å². The lowest BCUT2D eigenvalue weighted by molar-refractivity contribution is 0.470. The molecule has 0 aliphatic heterocycles. The number of hydrogen-bond donors (Lipinski definition) is 3. The van der Waals surface area contributed by atoms with E-state index in [4.69, 9.17) is 0 Å². The molecule has 6 heteroatoms. The molecule has 0 atom stereocenters. The maximum atomic E-state index is 11.2.